The van der Waals surface area contributed by atoms with Crippen molar-refractivity contribution in [1.29, 1.82) is 0 Å². The van der Waals surface area contributed by atoms with Crippen LogP contribution in [-0.4, -0.2) is 21.6 Å². The van der Waals surface area contributed by atoms with Crippen LogP contribution in [0.4, 0.5) is 5.95 Å². The summed E-state index contributed by atoms with van der Waals surface area (Å²) in [7, 11) is 0. The minimum Gasteiger partial charge on any atom is -0.371 e. The third kappa shape index (κ3) is 3.51. The van der Waals surface area contributed by atoms with Gasteiger partial charge in [-0.25, -0.2) is 4.98 Å². The van der Waals surface area contributed by atoms with Gasteiger partial charge in [0.25, 0.3) is 0 Å². The van der Waals surface area contributed by atoms with Crippen molar-refractivity contribution >= 4 is 5.95 Å². The van der Waals surface area contributed by atoms with Crippen molar-refractivity contribution in [1.82, 2.24) is 15.0 Å². The van der Waals surface area contributed by atoms with Crippen LogP contribution < -0.4 is 5.73 Å². The van der Waals surface area contributed by atoms with Crippen molar-refractivity contribution in [3.63, 3.8) is 0 Å². The Labute approximate surface area is 119 Å². The molecule has 1 atom stereocenters. The van der Waals surface area contributed by atoms with Crippen LogP contribution in [0.2, 0.25) is 0 Å². The number of nitrogen functional groups attached to an aromatic ring is 1. The average molecular weight is 272 g/mol. The summed E-state index contributed by atoms with van der Waals surface area (Å²) in [5.74, 6) is 1.43. The Morgan fingerprint density at radius 3 is 2.50 bits per heavy atom. The predicted molar refractivity (Wildman–Crippen MR) is 79.0 cm³/mol. The van der Waals surface area contributed by atoms with Crippen molar-refractivity contribution in [2.45, 2.75) is 32.8 Å². The molecule has 1 unspecified atom stereocenters. The van der Waals surface area contributed by atoms with E-state index in [0.29, 0.717) is 18.3 Å². The molecule has 0 fully saturated rings. The van der Waals surface area contributed by atoms with Crippen molar-refractivity contribution < 1.29 is 4.74 Å². The Morgan fingerprint density at radius 2 is 1.85 bits per heavy atom. The van der Waals surface area contributed by atoms with Gasteiger partial charge in [-0.2, -0.15) is 9.97 Å². The Hall–Kier alpha value is -2.01. The van der Waals surface area contributed by atoms with E-state index >= 15 is 0 Å². The highest BCUT2D eigenvalue weighted by Gasteiger charge is 2.16. The molecule has 0 bridgehead atoms. The number of anilines is 1. The van der Waals surface area contributed by atoms with E-state index in [1.54, 1.807) is 0 Å². The van der Waals surface area contributed by atoms with E-state index in [0.717, 1.165) is 18.4 Å². The van der Waals surface area contributed by atoms with Gasteiger partial charge in [-0.3, -0.25) is 0 Å². The molecule has 2 N–H and O–H groups in total. The standard InChI is InChI=1S/C15H20N4O/c1-3-8-12(20-4-2)14-17-13(18-15(16)19-14)11-9-6-5-7-10-11/h5-7,9-10,12H,3-4,8H2,1-2H3,(H2,16,17,18,19). The maximum Gasteiger partial charge on any atom is 0.223 e. The lowest BCUT2D eigenvalue weighted by atomic mass is 10.2. The molecule has 0 radical (unpaired) electrons. The zero-order valence-corrected chi connectivity index (χ0v) is 11.9. The first kappa shape index (κ1) is 14.4. The fourth-order valence-corrected chi connectivity index (χ4v) is 2.02. The number of hydrogen-bond acceptors (Lipinski definition) is 5. The molecule has 1 aromatic heterocycles. The molecule has 0 aliphatic rings. The third-order valence-electron chi connectivity index (χ3n) is 2.91. The summed E-state index contributed by atoms with van der Waals surface area (Å²) < 4.78 is 5.71. The Balaban J connectivity index is 2.37. The summed E-state index contributed by atoms with van der Waals surface area (Å²) in [6.07, 6.45) is 1.74. The van der Waals surface area contributed by atoms with Crippen LogP contribution in [0.15, 0.2) is 30.3 Å². The topological polar surface area (TPSA) is 73.9 Å². The van der Waals surface area contributed by atoms with E-state index < -0.39 is 0 Å². The minimum absolute atomic E-state index is 0.127. The smallest absolute Gasteiger partial charge is 0.223 e. The van der Waals surface area contributed by atoms with E-state index in [1.807, 2.05) is 37.3 Å². The van der Waals surface area contributed by atoms with Crippen molar-refractivity contribution in [3.8, 4) is 11.4 Å². The lowest BCUT2D eigenvalue weighted by Gasteiger charge is -2.15. The van der Waals surface area contributed by atoms with E-state index in [1.165, 1.54) is 0 Å². The van der Waals surface area contributed by atoms with Gasteiger partial charge in [0.15, 0.2) is 11.6 Å². The molecule has 1 aromatic carbocycles. The lowest BCUT2D eigenvalue weighted by molar-refractivity contribution is 0.0494. The van der Waals surface area contributed by atoms with Gasteiger partial charge < -0.3 is 10.5 Å². The Morgan fingerprint density at radius 1 is 1.10 bits per heavy atom. The first-order valence-electron chi connectivity index (χ1n) is 6.93. The number of hydrogen-bond donors (Lipinski definition) is 1. The van der Waals surface area contributed by atoms with Gasteiger partial charge in [0.1, 0.15) is 6.10 Å². The van der Waals surface area contributed by atoms with Gasteiger partial charge in [0.05, 0.1) is 0 Å². The second-order valence-corrected chi connectivity index (χ2v) is 4.47. The van der Waals surface area contributed by atoms with E-state index in [2.05, 4.69) is 21.9 Å². The summed E-state index contributed by atoms with van der Waals surface area (Å²) in [6, 6.07) is 9.75. The molecule has 0 aliphatic heterocycles. The molecule has 0 spiro atoms. The molecule has 5 nitrogen and oxygen atoms in total. The predicted octanol–water partition coefficient (Wildman–Crippen LogP) is 3.00. The molecule has 0 saturated carbocycles. The normalized spacial score (nSPS) is 12.3. The SMILES string of the molecule is CCCC(OCC)c1nc(N)nc(-c2ccccc2)n1. The fraction of sp³-hybridized carbons (Fsp3) is 0.400. The molecule has 20 heavy (non-hydrogen) atoms. The number of nitrogens with two attached hydrogens (primary N) is 1. The van der Waals surface area contributed by atoms with Crippen molar-refractivity contribution in [2.24, 2.45) is 0 Å². The Kier molecular flexibility index (Phi) is 5.01. The number of benzene rings is 1. The maximum absolute atomic E-state index is 5.81. The number of aromatic nitrogens is 3. The van der Waals surface area contributed by atoms with E-state index in [9.17, 15) is 0 Å². The van der Waals surface area contributed by atoms with Crippen LogP contribution in [0.5, 0.6) is 0 Å². The second kappa shape index (κ2) is 6.96. The highest BCUT2D eigenvalue weighted by molar-refractivity contribution is 5.55. The van der Waals surface area contributed by atoms with Crippen molar-refractivity contribution in [3.05, 3.63) is 36.2 Å². The van der Waals surface area contributed by atoms with Crippen LogP contribution in [0.3, 0.4) is 0 Å². The van der Waals surface area contributed by atoms with Crippen LogP contribution in [0.1, 0.15) is 38.6 Å². The van der Waals surface area contributed by atoms with Crippen LogP contribution in [0.25, 0.3) is 11.4 Å². The molecule has 2 aromatic rings. The maximum atomic E-state index is 5.81. The molecule has 0 saturated heterocycles. The first-order valence-corrected chi connectivity index (χ1v) is 6.93. The molecule has 106 valence electrons. The zero-order chi connectivity index (χ0) is 14.4. The van der Waals surface area contributed by atoms with E-state index in [-0.39, 0.29) is 12.1 Å². The van der Waals surface area contributed by atoms with Gasteiger partial charge in [0, 0.05) is 12.2 Å². The number of nitrogens with zero attached hydrogens (tertiary/aromatic N) is 3. The zero-order valence-electron chi connectivity index (χ0n) is 11.9. The molecule has 1 heterocycles. The molecule has 0 aliphatic carbocycles. The fourth-order valence-electron chi connectivity index (χ4n) is 2.02. The van der Waals surface area contributed by atoms with Crippen LogP contribution >= 0.6 is 0 Å². The minimum atomic E-state index is -0.127. The third-order valence-corrected chi connectivity index (χ3v) is 2.91. The van der Waals surface area contributed by atoms with Gasteiger partial charge in [-0.15, -0.1) is 0 Å². The molecule has 5 heteroatoms. The summed E-state index contributed by atoms with van der Waals surface area (Å²) in [5.41, 5.74) is 6.73. The van der Waals surface area contributed by atoms with E-state index in [4.69, 9.17) is 10.5 Å². The second-order valence-electron chi connectivity index (χ2n) is 4.47. The summed E-state index contributed by atoms with van der Waals surface area (Å²) in [6.45, 7) is 4.69. The first-order chi connectivity index (χ1) is 9.74. The molecule has 0 amide bonds. The number of ether oxygens (including phenoxy) is 1. The van der Waals surface area contributed by atoms with Gasteiger partial charge in [0.2, 0.25) is 5.95 Å². The van der Waals surface area contributed by atoms with Crippen molar-refractivity contribution in [2.75, 3.05) is 12.3 Å². The molecule has 2 rings (SSSR count). The van der Waals surface area contributed by atoms with Crippen LogP contribution in [0, 0.1) is 0 Å². The summed E-state index contributed by atoms with van der Waals surface area (Å²) in [5, 5.41) is 0. The highest BCUT2D eigenvalue weighted by Crippen LogP contribution is 2.22. The van der Waals surface area contributed by atoms with Gasteiger partial charge in [-0.05, 0) is 13.3 Å². The molecular weight excluding hydrogens is 252 g/mol. The Bertz CT molecular complexity index is 539. The largest absolute Gasteiger partial charge is 0.371 e. The monoisotopic (exact) mass is 272 g/mol. The summed E-state index contributed by atoms with van der Waals surface area (Å²) >= 11 is 0. The average Bonchev–Trinajstić information content (AvgIpc) is 2.47. The number of rotatable bonds is 6. The van der Waals surface area contributed by atoms with Gasteiger partial charge >= 0.3 is 0 Å². The van der Waals surface area contributed by atoms with Crippen LogP contribution in [-0.2, 0) is 4.74 Å². The lowest BCUT2D eigenvalue weighted by Crippen LogP contribution is -2.12. The summed E-state index contributed by atoms with van der Waals surface area (Å²) in [4.78, 5) is 12.9. The quantitative estimate of drug-likeness (QED) is 0.875. The highest BCUT2D eigenvalue weighted by atomic mass is 16.5. The molecular formula is C15H20N4O. The van der Waals surface area contributed by atoms with Gasteiger partial charge in [-0.1, -0.05) is 43.7 Å².